The van der Waals surface area contributed by atoms with Crippen LogP contribution in [0.3, 0.4) is 0 Å². The predicted molar refractivity (Wildman–Crippen MR) is 103 cm³/mol. The number of nitrogens with two attached hydrogens (primary N) is 1. The van der Waals surface area contributed by atoms with Crippen LogP contribution >= 0.6 is 0 Å². The third-order valence-corrected chi connectivity index (χ3v) is 3.18. The van der Waals surface area contributed by atoms with Crippen molar-refractivity contribution in [2.45, 2.75) is 0 Å². The largest absolute Gasteiger partial charge is 0.412 e. The number of ether oxygens (including phenoxy) is 5. The van der Waals surface area contributed by atoms with Gasteiger partial charge in [-0.25, -0.2) is 4.79 Å². The molecule has 0 saturated carbocycles. The maximum atomic E-state index is 11.7. The van der Waals surface area contributed by atoms with E-state index in [9.17, 15) is 4.79 Å². The molecule has 0 saturated heterocycles. The van der Waals surface area contributed by atoms with E-state index in [1.807, 2.05) is 0 Å². The first-order chi connectivity index (χ1) is 13.8. The summed E-state index contributed by atoms with van der Waals surface area (Å²) in [6.45, 7) is 4.71. The lowest BCUT2D eigenvalue weighted by Gasteiger charge is -2.09. The molecule has 28 heavy (non-hydrogen) atoms. The smallest absolute Gasteiger partial charge is 0.410 e. The normalized spacial score (nSPS) is 10.6. The molecule has 0 atom stereocenters. The van der Waals surface area contributed by atoms with Crippen molar-refractivity contribution in [1.82, 2.24) is 5.32 Å². The summed E-state index contributed by atoms with van der Waals surface area (Å²) < 4.78 is 26.3. The van der Waals surface area contributed by atoms with Crippen LogP contribution in [0.1, 0.15) is 0 Å². The van der Waals surface area contributed by atoms with Crippen LogP contribution in [-0.2, 0) is 23.8 Å². The highest BCUT2D eigenvalue weighted by Gasteiger charge is 2.03. The highest BCUT2D eigenvalue weighted by atomic mass is 16.6. The standard InChI is InChI=1S/C18H31N3O7/c1-23-21-16-2-4-17(5-3-16)28-18(22)20-7-9-25-11-13-27-15-14-26-12-10-24-8-6-19/h2-5,21H,6-15,19H2,1H3,(H,20,22). The Labute approximate surface area is 165 Å². The van der Waals surface area contributed by atoms with Gasteiger partial charge in [0.1, 0.15) is 5.75 Å². The van der Waals surface area contributed by atoms with Gasteiger partial charge in [0.05, 0.1) is 65.7 Å². The molecule has 160 valence electrons. The highest BCUT2D eigenvalue weighted by molar-refractivity contribution is 5.70. The molecule has 0 unspecified atom stereocenters. The number of anilines is 1. The molecule has 0 aliphatic heterocycles. The second kappa shape index (κ2) is 17.2. The minimum Gasteiger partial charge on any atom is -0.410 e. The van der Waals surface area contributed by atoms with Crippen molar-refractivity contribution in [2.75, 3.05) is 78.5 Å². The molecular formula is C18H31N3O7. The molecule has 0 aromatic heterocycles. The number of carbonyl (C=O) groups excluding carboxylic acids is 1. The topological polar surface area (TPSA) is 123 Å². The molecule has 1 aromatic rings. The van der Waals surface area contributed by atoms with Crippen LogP contribution in [0, 0.1) is 0 Å². The Hall–Kier alpha value is -1.95. The lowest BCUT2D eigenvalue weighted by molar-refractivity contribution is -0.000547. The van der Waals surface area contributed by atoms with E-state index < -0.39 is 6.09 Å². The van der Waals surface area contributed by atoms with Crippen molar-refractivity contribution in [3.63, 3.8) is 0 Å². The first kappa shape index (κ1) is 24.1. The molecule has 0 radical (unpaired) electrons. The van der Waals surface area contributed by atoms with E-state index in [0.29, 0.717) is 71.7 Å². The van der Waals surface area contributed by atoms with Crippen LogP contribution < -0.4 is 21.3 Å². The molecule has 1 amide bonds. The molecule has 0 fully saturated rings. The van der Waals surface area contributed by atoms with E-state index >= 15 is 0 Å². The van der Waals surface area contributed by atoms with Crippen LogP contribution in [-0.4, -0.2) is 79.1 Å². The highest BCUT2D eigenvalue weighted by Crippen LogP contribution is 2.15. The molecule has 10 heteroatoms. The van der Waals surface area contributed by atoms with Gasteiger partial charge in [0.25, 0.3) is 0 Å². The molecule has 1 rings (SSSR count). The summed E-state index contributed by atoms with van der Waals surface area (Å²) in [6.07, 6.45) is -0.542. The summed E-state index contributed by atoms with van der Waals surface area (Å²) in [5.41, 5.74) is 8.73. The maximum Gasteiger partial charge on any atom is 0.412 e. The van der Waals surface area contributed by atoms with Crippen LogP contribution in [0.15, 0.2) is 24.3 Å². The van der Waals surface area contributed by atoms with Gasteiger partial charge in [-0.1, -0.05) is 0 Å². The van der Waals surface area contributed by atoms with Crippen LogP contribution in [0.4, 0.5) is 10.5 Å². The Bertz CT molecular complexity index is 502. The first-order valence-electron chi connectivity index (χ1n) is 9.12. The number of hydrogen-bond acceptors (Lipinski definition) is 9. The van der Waals surface area contributed by atoms with Gasteiger partial charge in [-0.2, -0.15) is 0 Å². The fraction of sp³-hybridized carbons (Fsp3) is 0.611. The third-order valence-electron chi connectivity index (χ3n) is 3.18. The van der Waals surface area contributed by atoms with Gasteiger partial charge >= 0.3 is 6.09 Å². The lowest BCUT2D eigenvalue weighted by Crippen LogP contribution is -2.30. The van der Waals surface area contributed by atoms with Gasteiger partial charge in [0.2, 0.25) is 0 Å². The third kappa shape index (κ3) is 13.3. The number of carbonyl (C=O) groups is 1. The number of rotatable bonds is 17. The van der Waals surface area contributed by atoms with Crippen molar-refractivity contribution in [3.05, 3.63) is 24.3 Å². The van der Waals surface area contributed by atoms with E-state index in [0.717, 1.165) is 5.69 Å². The van der Waals surface area contributed by atoms with Crippen LogP contribution in [0.5, 0.6) is 5.75 Å². The predicted octanol–water partition coefficient (Wildman–Crippen LogP) is 0.773. The summed E-state index contributed by atoms with van der Waals surface area (Å²) in [6, 6.07) is 6.78. The van der Waals surface area contributed by atoms with Gasteiger partial charge in [-0.05, 0) is 24.3 Å². The molecule has 0 aliphatic carbocycles. The van der Waals surface area contributed by atoms with Gasteiger partial charge < -0.3 is 34.7 Å². The summed E-state index contributed by atoms with van der Waals surface area (Å²) >= 11 is 0. The molecule has 10 nitrogen and oxygen atoms in total. The SMILES string of the molecule is CONc1ccc(OC(=O)NCCOCCOCCOCCOCCN)cc1. The minimum atomic E-state index is -0.542. The molecular weight excluding hydrogens is 370 g/mol. The van der Waals surface area contributed by atoms with Crippen molar-refractivity contribution >= 4 is 11.8 Å². The fourth-order valence-corrected chi connectivity index (χ4v) is 1.92. The zero-order valence-corrected chi connectivity index (χ0v) is 16.3. The van der Waals surface area contributed by atoms with Crippen molar-refractivity contribution in [1.29, 1.82) is 0 Å². The van der Waals surface area contributed by atoms with Gasteiger partial charge in [-0.15, -0.1) is 0 Å². The van der Waals surface area contributed by atoms with Gasteiger partial charge in [-0.3, -0.25) is 10.3 Å². The minimum absolute atomic E-state index is 0.341. The quantitative estimate of drug-likeness (QED) is 0.257. The average Bonchev–Trinajstić information content (AvgIpc) is 2.70. The molecule has 0 bridgehead atoms. The molecule has 4 N–H and O–H groups in total. The number of amides is 1. The van der Waals surface area contributed by atoms with E-state index in [2.05, 4.69) is 10.8 Å². The van der Waals surface area contributed by atoms with E-state index in [1.54, 1.807) is 24.3 Å². The van der Waals surface area contributed by atoms with Crippen molar-refractivity contribution in [2.24, 2.45) is 5.73 Å². The Morgan fingerprint density at radius 1 is 0.857 bits per heavy atom. The summed E-state index contributed by atoms with van der Waals surface area (Å²) in [5.74, 6) is 0.432. The number of benzene rings is 1. The van der Waals surface area contributed by atoms with E-state index in [1.165, 1.54) is 7.11 Å². The maximum absolute atomic E-state index is 11.7. The van der Waals surface area contributed by atoms with Crippen molar-refractivity contribution in [3.8, 4) is 5.75 Å². The Balaban J connectivity index is 1.88. The van der Waals surface area contributed by atoms with Crippen LogP contribution in [0.25, 0.3) is 0 Å². The summed E-state index contributed by atoms with van der Waals surface area (Å²) in [4.78, 5) is 16.4. The average molecular weight is 401 g/mol. The first-order valence-corrected chi connectivity index (χ1v) is 9.12. The molecule has 0 spiro atoms. The number of hydrogen-bond donors (Lipinski definition) is 3. The van der Waals surface area contributed by atoms with E-state index in [-0.39, 0.29) is 0 Å². The monoisotopic (exact) mass is 401 g/mol. The number of nitrogens with one attached hydrogen (secondary N) is 2. The lowest BCUT2D eigenvalue weighted by atomic mass is 10.3. The Morgan fingerprint density at radius 2 is 1.39 bits per heavy atom. The molecule has 0 aliphatic rings. The summed E-state index contributed by atoms with van der Waals surface area (Å²) in [7, 11) is 1.52. The molecule has 0 heterocycles. The fourth-order valence-electron chi connectivity index (χ4n) is 1.92. The van der Waals surface area contributed by atoms with E-state index in [4.69, 9.17) is 34.3 Å². The zero-order chi connectivity index (χ0) is 20.3. The van der Waals surface area contributed by atoms with Crippen molar-refractivity contribution < 1.29 is 33.3 Å². The Morgan fingerprint density at radius 3 is 1.93 bits per heavy atom. The second-order valence-electron chi connectivity index (χ2n) is 5.39. The van der Waals surface area contributed by atoms with Gasteiger partial charge in [0, 0.05) is 13.1 Å². The second-order valence-corrected chi connectivity index (χ2v) is 5.39. The molecule has 1 aromatic carbocycles. The Kier molecular flexibility index (Phi) is 14.8. The zero-order valence-electron chi connectivity index (χ0n) is 16.3. The summed E-state index contributed by atoms with van der Waals surface area (Å²) in [5, 5.41) is 2.60. The van der Waals surface area contributed by atoms with Crippen LogP contribution in [0.2, 0.25) is 0 Å². The van der Waals surface area contributed by atoms with Gasteiger partial charge in [0.15, 0.2) is 0 Å².